The smallest absolute Gasteiger partial charge is 0.0742 e. The van der Waals surface area contributed by atoms with Crippen LogP contribution < -0.4 is 11.1 Å². The SMILES string of the molecule is Nc1c(Cl)cccc1Nc1cc(Cl)cc(Cl)c1. The van der Waals surface area contributed by atoms with Crippen molar-refractivity contribution in [1.29, 1.82) is 0 Å². The van der Waals surface area contributed by atoms with Crippen molar-refractivity contribution in [1.82, 2.24) is 0 Å². The zero-order chi connectivity index (χ0) is 12.4. The summed E-state index contributed by atoms with van der Waals surface area (Å²) in [4.78, 5) is 0. The topological polar surface area (TPSA) is 38.0 Å². The summed E-state index contributed by atoms with van der Waals surface area (Å²) in [7, 11) is 0. The lowest BCUT2D eigenvalue weighted by Gasteiger charge is -2.10. The molecule has 0 aliphatic heterocycles. The molecular weight excluding hydrogens is 279 g/mol. The first-order valence-electron chi connectivity index (χ1n) is 4.83. The first kappa shape index (κ1) is 12.4. The lowest BCUT2D eigenvalue weighted by Crippen LogP contribution is -1.96. The number of nitrogens with two attached hydrogens (primary N) is 1. The van der Waals surface area contributed by atoms with Gasteiger partial charge in [0.1, 0.15) is 0 Å². The van der Waals surface area contributed by atoms with E-state index in [1.165, 1.54) is 0 Å². The van der Waals surface area contributed by atoms with Crippen molar-refractivity contribution >= 4 is 51.9 Å². The molecule has 2 nitrogen and oxygen atoms in total. The summed E-state index contributed by atoms with van der Waals surface area (Å²) in [5.41, 5.74) is 7.82. The minimum atomic E-state index is 0.491. The van der Waals surface area contributed by atoms with Gasteiger partial charge in [-0.15, -0.1) is 0 Å². The molecule has 0 aliphatic carbocycles. The van der Waals surface area contributed by atoms with Crippen LogP contribution in [0, 0.1) is 0 Å². The van der Waals surface area contributed by atoms with Crippen molar-refractivity contribution < 1.29 is 0 Å². The number of rotatable bonds is 2. The van der Waals surface area contributed by atoms with Gasteiger partial charge in [-0.2, -0.15) is 0 Å². The monoisotopic (exact) mass is 286 g/mol. The van der Waals surface area contributed by atoms with Gasteiger partial charge in [-0.25, -0.2) is 0 Å². The average molecular weight is 288 g/mol. The Morgan fingerprint density at radius 1 is 0.941 bits per heavy atom. The van der Waals surface area contributed by atoms with E-state index < -0.39 is 0 Å². The van der Waals surface area contributed by atoms with Gasteiger partial charge in [0.2, 0.25) is 0 Å². The first-order valence-corrected chi connectivity index (χ1v) is 5.97. The number of nitrogens with one attached hydrogen (secondary N) is 1. The van der Waals surface area contributed by atoms with Crippen molar-refractivity contribution in [3.8, 4) is 0 Å². The number of halogens is 3. The second-order valence-corrected chi connectivity index (χ2v) is 4.76. The van der Waals surface area contributed by atoms with Crippen LogP contribution in [0.1, 0.15) is 0 Å². The van der Waals surface area contributed by atoms with Crippen LogP contribution in [0.25, 0.3) is 0 Å². The highest BCUT2D eigenvalue weighted by atomic mass is 35.5. The summed E-state index contributed by atoms with van der Waals surface area (Å²) in [6.07, 6.45) is 0. The third kappa shape index (κ3) is 2.97. The van der Waals surface area contributed by atoms with Gasteiger partial charge >= 0.3 is 0 Å². The van der Waals surface area contributed by atoms with E-state index in [0.29, 0.717) is 20.8 Å². The van der Waals surface area contributed by atoms with Gasteiger partial charge in [0.05, 0.1) is 16.4 Å². The van der Waals surface area contributed by atoms with E-state index in [4.69, 9.17) is 40.5 Å². The van der Waals surface area contributed by atoms with E-state index in [9.17, 15) is 0 Å². The Hall–Kier alpha value is -1.09. The predicted molar refractivity (Wildman–Crippen MR) is 75.6 cm³/mol. The van der Waals surface area contributed by atoms with Crippen LogP contribution in [0.3, 0.4) is 0 Å². The first-order chi connectivity index (χ1) is 8.06. The summed E-state index contributed by atoms with van der Waals surface area (Å²) in [5.74, 6) is 0. The van der Waals surface area contributed by atoms with E-state index in [-0.39, 0.29) is 0 Å². The fourth-order valence-corrected chi connectivity index (χ4v) is 2.13. The van der Waals surface area contributed by atoms with Gasteiger partial charge in [-0.3, -0.25) is 0 Å². The number of para-hydroxylation sites is 1. The molecule has 2 aromatic rings. The fraction of sp³-hybridized carbons (Fsp3) is 0. The van der Waals surface area contributed by atoms with Crippen LogP contribution in [0.15, 0.2) is 36.4 Å². The molecule has 88 valence electrons. The lowest BCUT2D eigenvalue weighted by molar-refractivity contribution is 1.54. The Bertz CT molecular complexity index is 535. The molecule has 0 saturated carbocycles. The molecule has 0 spiro atoms. The Morgan fingerprint density at radius 3 is 2.24 bits per heavy atom. The third-order valence-corrected chi connectivity index (χ3v) is 2.96. The molecule has 0 amide bonds. The number of benzene rings is 2. The standard InChI is InChI=1S/C12H9Cl3N2/c13-7-4-8(14)6-9(5-7)17-11-3-1-2-10(15)12(11)16/h1-6,17H,16H2. The number of hydrogen-bond acceptors (Lipinski definition) is 2. The maximum absolute atomic E-state index is 5.93. The molecule has 0 aliphatic rings. The fourth-order valence-electron chi connectivity index (χ4n) is 1.43. The Balaban J connectivity index is 2.34. The van der Waals surface area contributed by atoms with Crippen molar-refractivity contribution in [2.24, 2.45) is 0 Å². The molecular formula is C12H9Cl3N2. The second kappa shape index (κ2) is 5.05. The highest BCUT2D eigenvalue weighted by molar-refractivity contribution is 6.35. The number of hydrogen-bond donors (Lipinski definition) is 2. The van der Waals surface area contributed by atoms with Crippen LogP contribution in [0.5, 0.6) is 0 Å². The van der Waals surface area contributed by atoms with Crippen molar-refractivity contribution in [3.63, 3.8) is 0 Å². The molecule has 0 atom stereocenters. The van der Waals surface area contributed by atoms with Gasteiger partial charge in [0.25, 0.3) is 0 Å². The highest BCUT2D eigenvalue weighted by Gasteiger charge is 2.04. The summed E-state index contributed by atoms with van der Waals surface area (Å²) in [5, 5.41) is 4.73. The Morgan fingerprint density at radius 2 is 1.59 bits per heavy atom. The van der Waals surface area contributed by atoms with Gasteiger partial charge < -0.3 is 11.1 Å². The van der Waals surface area contributed by atoms with Gasteiger partial charge in [-0.1, -0.05) is 40.9 Å². The summed E-state index contributed by atoms with van der Waals surface area (Å²) in [6.45, 7) is 0. The molecule has 0 radical (unpaired) electrons. The van der Waals surface area contributed by atoms with Crippen molar-refractivity contribution in [2.45, 2.75) is 0 Å². The average Bonchev–Trinajstić information content (AvgIpc) is 2.23. The van der Waals surface area contributed by atoms with Gasteiger partial charge in [0.15, 0.2) is 0 Å². The number of nitrogen functional groups attached to an aromatic ring is 1. The van der Waals surface area contributed by atoms with E-state index in [1.54, 1.807) is 24.3 Å². The van der Waals surface area contributed by atoms with E-state index in [2.05, 4.69) is 5.32 Å². The maximum atomic E-state index is 5.93. The van der Waals surface area contributed by atoms with Crippen LogP contribution >= 0.6 is 34.8 Å². The molecule has 0 bridgehead atoms. The maximum Gasteiger partial charge on any atom is 0.0742 e. The Labute approximate surface area is 114 Å². The molecule has 17 heavy (non-hydrogen) atoms. The largest absolute Gasteiger partial charge is 0.396 e. The molecule has 0 aromatic heterocycles. The predicted octanol–water partition coefficient (Wildman–Crippen LogP) is 4.97. The van der Waals surface area contributed by atoms with Crippen LogP contribution in [-0.2, 0) is 0 Å². The van der Waals surface area contributed by atoms with Crippen molar-refractivity contribution in [3.05, 3.63) is 51.5 Å². The molecule has 3 N–H and O–H groups in total. The van der Waals surface area contributed by atoms with E-state index in [1.807, 2.05) is 12.1 Å². The second-order valence-electron chi connectivity index (χ2n) is 3.48. The molecule has 5 heteroatoms. The molecule has 0 fully saturated rings. The third-order valence-electron chi connectivity index (χ3n) is 2.19. The van der Waals surface area contributed by atoms with Crippen LogP contribution in [0.4, 0.5) is 17.1 Å². The van der Waals surface area contributed by atoms with E-state index >= 15 is 0 Å². The van der Waals surface area contributed by atoms with Gasteiger partial charge in [-0.05, 0) is 30.3 Å². The lowest BCUT2D eigenvalue weighted by atomic mass is 10.2. The molecule has 0 heterocycles. The normalized spacial score (nSPS) is 10.3. The van der Waals surface area contributed by atoms with E-state index in [0.717, 1.165) is 11.4 Å². The number of anilines is 3. The summed E-state index contributed by atoms with van der Waals surface area (Å²) < 4.78 is 0. The summed E-state index contributed by atoms with van der Waals surface area (Å²) >= 11 is 17.7. The van der Waals surface area contributed by atoms with Crippen LogP contribution in [0.2, 0.25) is 15.1 Å². The molecule has 0 unspecified atom stereocenters. The van der Waals surface area contributed by atoms with Crippen molar-refractivity contribution in [2.75, 3.05) is 11.1 Å². The quantitative estimate of drug-likeness (QED) is 0.765. The zero-order valence-electron chi connectivity index (χ0n) is 8.68. The minimum Gasteiger partial charge on any atom is -0.396 e. The zero-order valence-corrected chi connectivity index (χ0v) is 10.9. The Kier molecular flexibility index (Phi) is 3.67. The minimum absolute atomic E-state index is 0.491. The molecule has 2 aromatic carbocycles. The summed E-state index contributed by atoms with van der Waals surface area (Å²) in [6, 6.07) is 10.5. The molecule has 0 saturated heterocycles. The highest BCUT2D eigenvalue weighted by Crippen LogP contribution is 2.31. The van der Waals surface area contributed by atoms with Gasteiger partial charge in [0, 0.05) is 15.7 Å². The molecule has 2 rings (SSSR count). The van der Waals surface area contributed by atoms with Crippen LogP contribution in [-0.4, -0.2) is 0 Å².